The van der Waals surface area contributed by atoms with E-state index in [4.69, 9.17) is 4.74 Å². The Morgan fingerprint density at radius 3 is 2.93 bits per heavy atom. The topological polar surface area (TPSA) is 21.3 Å². The third-order valence-electron chi connectivity index (χ3n) is 2.69. The maximum atomic E-state index is 5.43. The van der Waals surface area contributed by atoms with Crippen molar-refractivity contribution in [1.82, 2.24) is 5.32 Å². The number of ether oxygens (including phenoxy) is 1. The second-order valence-corrected chi connectivity index (χ2v) is 3.71. The van der Waals surface area contributed by atoms with Gasteiger partial charge in [-0.05, 0) is 24.5 Å². The van der Waals surface area contributed by atoms with Gasteiger partial charge in [-0.1, -0.05) is 24.3 Å². The Morgan fingerprint density at radius 1 is 1.36 bits per heavy atom. The lowest BCUT2D eigenvalue weighted by Crippen LogP contribution is -2.39. The molecule has 0 spiro atoms. The molecule has 76 valence electrons. The van der Waals surface area contributed by atoms with Gasteiger partial charge in [-0.2, -0.15) is 0 Å². The molecule has 0 aromatic heterocycles. The average molecular weight is 191 g/mol. The Kier molecular flexibility index (Phi) is 3.17. The molecule has 0 bridgehead atoms. The van der Waals surface area contributed by atoms with Gasteiger partial charge in [-0.3, -0.25) is 0 Å². The van der Waals surface area contributed by atoms with Crippen LogP contribution in [0.1, 0.15) is 18.1 Å². The van der Waals surface area contributed by atoms with Gasteiger partial charge in [-0.25, -0.2) is 0 Å². The maximum absolute atomic E-state index is 5.43. The molecule has 1 heterocycles. The van der Waals surface area contributed by atoms with E-state index in [0.29, 0.717) is 6.04 Å². The van der Waals surface area contributed by atoms with E-state index in [-0.39, 0.29) is 0 Å². The normalized spacial score (nSPS) is 20.5. The van der Waals surface area contributed by atoms with Crippen molar-refractivity contribution < 1.29 is 4.74 Å². The van der Waals surface area contributed by atoms with Crippen LogP contribution in [-0.4, -0.2) is 19.3 Å². The molecule has 1 aromatic rings. The van der Waals surface area contributed by atoms with Crippen molar-refractivity contribution in [1.29, 1.82) is 0 Å². The van der Waals surface area contributed by atoms with E-state index in [1.165, 1.54) is 11.1 Å². The molecule has 2 nitrogen and oxygen atoms in total. The average Bonchev–Trinajstić information content (AvgIpc) is 2.26. The van der Waals surface area contributed by atoms with E-state index < -0.39 is 0 Å². The van der Waals surface area contributed by atoms with Gasteiger partial charge < -0.3 is 10.1 Å². The molecule has 0 saturated heterocycles. The molecule has 1 aromatic carbocycles. The highest BCUT2D eigenvalue weighted by atomic mass is 16.5. The van der Waals surface area contributed by atoms with E-state index in [9.17, 15) is 0 Å². The first-order valence-corrected chi connectivity index (χ1v) is 5.28. The summed E-state index contributed by atoms with van der Waals surface area (Å²) < 4.78 is 5.43. The number of hydrogen-bond donors (Lipinski definition) is 1. The predicted octanol–water partition coefficient (Wildman–Crippen LogP) is 1.74. The fraction of sp³-hybridized carbons (Fsp3) is 0.500. The zero-order valence-corrected chi connectivity index (χ0v) is 8.62. The number of nitrogens with one attached hydrogen (secondary N) is 1. The van der Waals surface area contributed by atoms with Crippen LogP contribution < -0.4 is 5.32 Å². The van der Waals surface area contributed by atoms with Crippen LogP contribution in [0.2, 0.25) is 0 Å². The summed E-state index contributed by atoms with van der Waals surface area (Å²) in [5, 5.41) is 3.49. The molecule has 1 N–H and O–H groups in total. The summed E-state index contributed by atoms with van der Waals surface area (Å²) in [5.41, 5.74) is 2.90. The van der Waals surface area contributed by atoms with Gasteiger partial charge in [0.2, 0.25) is 0 Å². The van der Waals surface area contributed by atoms with Crippen molar-refractivity contribution in [3.05, 3.63) is 35.4 Å². The van der Waals surface area contributed by atoms with Crippen LogP contribution in [0.25, 0.3) is 0 Å². The van der Waals surface area contributed by atoms with Gasteiger partial charge in [0.15, 0.2) is 0 Å². The Labute approximate surface area is 85.3 Å². The maximum Gasteiger partial charge on any atom is 0.0622 e. The van der Waals surface area contributed by atoms with E-state index in [0.717, 1.165) is 26.2 Å². The first-order valence-electron chi connectivity index (χ1n) is 5.28. The molecular weight excluding hydrogens is 174 g/mol. The van der Waals surface area contributed by atoms with Crippen molar-refractivity contribution in [2.75, 3.05) is 13.2 Å². The van der Waals surface area contributed by atoms with Crippen molar-refractivity contribution in [2.45, 2.75) is 25.9 Å². The lowest BCUT2D eigenvalue weighted by atomic mass is 9.96. The first kappa shape index (κ1) is 9.69. The lowest BCUT2D eigenvalue weighted by molar-refractivity contribution is 0.120. The van der Waals surface area contributed by atoms with Crippen LogP contribution in [0.3, 0.4) is 0 Å². The Hall–Kier alpha value is -0.860. The molecule has 2 heteroatoms. The molecule has 0 aliphatic carbocycles. The van der Waals surface area contributed by atoms with Gasteiger partial charge in [0.25, 0.3) is 0 Å². The highest BCUT2D eigenvalue weighted by Gasteiger charge is 2.16. The Morgan fingerprint density at radius 2 is 2.14 bits per heavy atom. The van der Waals surface area contributed by atoms with E-state index >= 15 is 0 Å². The molecule has 0 radical (unpaired) electrons. The van der Waals surface area contributed by atoms with Gasteiger partial charge in [0.1, 0.15) is 0 Å². The molecule has 1 aliphatic rings. The number of benzene rings is 1. The molecule has 2 rings (SSSR count). The van der Waals surface area contributed by atoms with Gasteiger partial charge in [-0.15, -0.1) is 0 Å². The SMILES string of the molecule is CCOC[C@H]1Cc2ccccc2CN1. The molecular formula is C12H17NO. The Bertz CT molecular complexity index is 298. The van der Waals surface area contributed by atoms with Gasteiger partial charge >= 0.3 is 0 Å². The molecule has 1 aliphatic heterocycles. The largest absolute Gasteiger partial charge is 0.380 e. The molecule has 0 saturated carbocycles. The zero-order valence-electron chi connectivity index (χ0n) is 8.62. The highest BCUT2D eigenvalue weighted by molar-refractivity contribution is 5.29. The van der Waals surface area contributed by atoms with Crippen molar-refractivity contribution in [2.24, 2.45) is 0 Å². The third-order valence-corrected chi connectivity index (χ3v) is 2.69. The Balaban J connectivity index is 1.99. The molecule has 1 atom stereocenters. The minimum absolute atomic E-state index is 0.491. The zero-order chi connectivity index (χ0) is 9.80. The molecule has 14 heavy (non-hydrogen) atoms. The summed E-state index contributed by atoms with van der Waals surface area (Å²) in [4.78, 5) is 0. The van der Waals surface area contributed by atoms with Gasteiger partial charge in [0.05, 0.1) is 6.61 Å². The molecule has 0 amide bonds. The van der Waals surface area contributed by atoms with Gasteiger partial charge in [0, 0.05) is 19.2 Å². The van der Waals surface area contributed by atoms with Crippen LogP contribution in [0.15, 0.2) is 24.3 Å². The van der Waals surface area contributed by atoms with E-state index in [1.807, 2.05) is 6.92 Å². The standard InChI is InChI=1S/C12H17NO/c1-2-14-9-12-7-10-5-3-4-6-11(10)8-13-12/h3-6,12-13H,2,7-9H2,1H3/t12-/m1/s1. The lowest BCUT2D eigenvalue weighted by Gasteiger charge is -2.25. The van der Waals surface area contributed by atoms with Crippen LogP contribution in [0.5, 0.6) is 0 Å². The fourth-order valence-corrected chi connectivity index (χ4v) is 1.90. The third kappa shape index (κ3) is 2.14. The van der Waals surface area contributed by atoms with Crippen LogP contribution in [0, 0.1) is 0 Å². The van der Waals surface area contributed by atoms with Crippen LogP contribution >= 0.6 is 0 Å². The smallest absolute Gasteiger partial charge is 0.0622 e. The summed E-state index contributed by atoms with van der Waals surface area (Å²) in [6.45, 7) is 4.65. The predicted molar refractivity (Wildman–Crippen MR) is 57.3 cm³/mol. The van der Waals surface area contributed by atoms with Crippen LogP contribution in [0.4, 0.5) is 0 Å². The van der Waals surface area contributed by atoms with Crippen LogP contribution in [-0.2, 0) is 17.7 Å². The van der Waals surface area contributed by atoms with Crippen molar-refractivity contribution in [3.63, 3.8) is 0 Å². The monoisotopic (exact) mass is 191 g/mol. The minimum Gasteiger partial charge on any atom is -0.380 e. The summed E-state index contributed by atoms with van der Waals surface area (Å²) in [6.07, 6.45) is 1.09. The quantitative estimate of drug-likeness (QED) is 0.785. The number of hydrogen-bond acceptors (Lipinski definition) is 2. The fourth-order valence-electron chi connectivity index (χ4n) is 1.90. The van der Waals surface area contributed by atoms with E-state index in [1.54, 1.807) is 0 Å². The first-order chi connectivity index (χ1) is 6.90. The minimum atomic E-state index is 0.491. The second kappa shape index (κ2) is 4.58. The molecule has 0 unspecified atom stereocenters. The summed E-state index contributed by atoms with van der Waals surface area (Å²) in [7, 11) is 0. The number of fused-ring (bicyclic) bond motifs is 1. The highest BCUT2D eigenvalue weighted by Crippen LogP contribution is 2.16. The summed E-state index contributed by atoms with van der Waals surface area (Å²) in [6, 6.07) is 9.12. The van der Waals surface area contributed by atoms with Crippen molar-refractivity contribution >= 4 is 0 Å². The summed E-state index contributed by atoms with van der Waals surface area (Å²) in [5.74, 6) is 0. The number of rotatable bonds is 3. The van der Waals surface area contributed by atoms with Crippen molar-refractivity contribution in [3.8, 4) is 0 Å². The second-order valence-electron chi connectivity index (χ2n) is 3.71. The van der Waals surface area contributed by atoms with E-state index in [2.05, 4.69) is 29.6 Å². The summed E-state index contributed by atoms with van der Waals surface area (Å²) >= 11 is 0. The molecule has 0 fully saturated rings.